The second-order valence-corrected chi connectivity index (χ2v) is 6.09. The van der Waals surface area contributed by atoms with Crippen molar-refractivity contribution in [2.75, 3.05) is 0 Å². The number of carbonyl (C=O) groups excluding carboxylic acids is 1. The van der Waals surface area contributed by atoms with Gasteiger partial charge in [0.1, 0.15) is 10.4 Å². The molecule has 0 fully saturated rings. The molecule has 0 atom stereocenters. The minimum absolute atomic E-state index is 0.286. The summed E-state index contributed by atoms with van der Waals surface area (Å²) in [5.41, 5.74) is 7.53. The van der Waals surface area contributed by atoms with Crippen LogP contribution in [0, 0.1) is 0 Å². The molecule has 0 unspecified atom stereocenters. The Kier molecular flexibility index (Phi) is 3.55. The summed E-state index contributed by atoms with van der Waals surface area (Å²) in [6.45, 7) is 0. The van der Waals surface area contributed by atoms with Crippen molar-refractivity contribution in [3.05, 3.63) is 54.9 Å². The minimum Gasteiger partial charge on any atom is -0.392 e. The van der Waals surface area contributed by atoms with Gasteiger partial charge in [-0.25, -0.2) is 4.79 Å². The van der Waals surface area contributed by atoms with Gasteiger partial charge in [0.2, 0.25) is 5.88 Å². The molecule has 1 amide bonds. The van der Waals surface area contributed by atoms with Gasteiger partial charge in [0.15, 0.2) is 0 Å². The number of hydrogen-bond acceptors (Lipinski definition) is 5. The van der Waals surface area contributed by atoms with Crippen molar-refractivity contribution in [1.29, 1.82) is 0 Å². The van der Waals surface area contributed by atoms with Gasteiger partial charge in [-0.1, -0.05) is 30.0 Å². The van der Waals surface area contributed by atoms with Crippen LogP contribution in [0.5, 0.6) is 5.88 Å². The standard InChI is InChI=1S/C17H12N4O2S/c18-17(22)23-16-15(14-11(21-16)6-3-9-20-14)24-12-7-1-4-10-5-2-8-19-13(10)12/h1-9,21H,(H2,18,22). The molecule has 0 radical (unpaired) electrons. The fourth-order valence-electron chi connectivity index (χ4n) is 2.51. The zero-order valence-electron chi connectivity index (χ0n) is 12.4. The number of nitrogens with two attached hydrogens (primary N) is 1. The maximum absolute atomic E-state index is 11.2. The van der Waals surface area contributed by atoms with E-state index in [9.17, 15) is 4.79 Å². The van der Waals surface area contributed by atoms with Crippen molar-refractivity contribution < 1.29 is 9.53 Å². The summed E-state index contributed by atoms with van der Waals surface area (Å²) in [7, 11) is 0. The largest absolute Gasteiger partial charge is 0.411 e. The summed E-state index contributed by atoms with van der Waals surface area (Å²) < 4.78 is 5.12. The average molecular weight is 336 g/mol. The maximum atomic E-state index is 11.2. The lowest BCUT2D eigenvalue weighted by Gasteiger charge is -2.06. The molecular weight excluding hydrogens is 324 g/mol. The van der Waals surface area contributed by atoms with Crippen LogP contribution < -0.4 is 10.5 Å². The lowest BCUT2D eigenvalue weighted by Crippen LogP contribution is -2.16. The Hall–Kier alpha value is -3.06. The lowest BCUT2D eigenvalue weighted by atomic mass is 10.2. The number of aromatic nitrogens is 3. The molecule has 6 nitrogen and oxygen atoms in total. The highest BCUT2D eigenvalue weighted by molar-refractivity contribution is 8.00. The van der Waals surface area contributed by atoms with Gasteiger partial charge < -0.3 is 15.5 Å². The van der Waals surface area contributed by atoms with E-state index in [1.54, 1.807) is 18.5 Å². The van der Waals surface area contributed by atoms with E-state index >= 15 is 0 Å². The molecule has 0 aliphatic rings. The molecule has 24 heavy (non-hydrogen) atoms. The minimum atomic E-state index is -0.876. The number of rotatable bonds is 3. The SMILES string of the molecule is NC(=O)Oc1[nH]c2cccnc2c1Sc1cccc2cccnc12. The molecule has 0 saturated carbocycles. The predicted octanol–water partition coefficient (Wildman–Crippen LogP) is 3.72. The number of para-hydroxylation sites is 1. The third-order valence-electron chi connectivity index (χ3n) is 3.49. The molecule has 3 heterocycles. The molecule has 3 aromatic heterocycles. The Morgan fingerprint density at radius 3 is 2.62 bits per heavy atom. The van der Waals surface area contributed by atoms with E-state index in [0.717, 1.165) is 21.3 Å². The van der Waals surface area contributed by atoms with Crippen molar-refractivity contribution in [2.24, 2.45) is 5.73 Å². The van der Waals surface area contributed by atoms with Crippen LogP contribution in [0.1, 0.15) is 0 Å². The first-order valence-corrected chi connectivity index (χ1v) is 7.99. The van der Waals surface area contributed by atoms with E-state index in [0.29, 0.717) is 10.4 Å². The number of ether oxygens (including phenoxy) is 1. The van der Waals surface area contributed by atoms with Gasteiger partial charge in [0.25, 0.3) is 0 Å². The van der Waals surface area contributed by atoms with Crippen LogP contribution in [0.4, 0.5) is 4.79 Å². The summed E-state index contributed by atoms with van der Waals surface area (Å²) >= 11 is 1.43. The highest BCUT2D eigenvalue weighted by Crippen LogP contribution is 2.41. The Bertz CT molecular complexity index is 1060. The number of carbonyl (C=O) groups is 1. The number of nitrogens with zero attached hydrogens (tertiary/aromatic N) is 2. The number of primary amides is 1. The predicted molar refractivity (Wildman–Crippen MR) is 92.2 cm³/mol. The second-order valence-electron chi connectivity index (χ2n) is 5.04. The summed E-state index contributed by atoms with van der Waals surface area (Å²) in [5.74, 6) is 0.286. The Morgan fingerprint density at radius 2 is 1.79 bits per heavy atom. The van der Waals surface area contributed by atoms with Crippen LogP contribution >= 0.6 is 11.8 Å². The second kappa shape index (κ2) is 5.86. The van der Waals surface area contributed by atoms with Gasteiger partial charge in [-0.2, -0.15) is 0 Å². The number of fused-ring (bicyclic) bond motifs is 2. The number of amides is 1. The summed E-state index contributed by atoms with van der Waals surface area (Å²) in [5, 5.41) is 1.03. The monoisotopic (exact) mass is 336 g/mol. The molecular formula is C17H12N4O2S. The summed E-state index contributed by atoms with van der Waals surface area (Å²) in [4.78, 5) is 24.7. The van der Waals surface area contributed by atoms with Crippen molar-refractivity contribution in [3.63, 3.8) is 0 Å². The van der Waals surface area contributed by atoms with Gasteiger partial charge >= 0.3 is 6.09 Å². The number of hydrogen-bond donors (Lipinski definition) is 2. The van der Waals surface area contributed by atoms with E-state index < -0.39 is 6.09 Å². The molecule has 118 valence electrons. The molecule has 0 spiro atoms. The Labute approximate surface area is 141 Å². The van der Waals surface area contributed by atoms with Crippen LogP contribution in [0.2, 0.25) is 0 Å². The van der Waals surface area contributed by atoms with Crippen molar-refractivity contribution >= 4 is 39.8 Å². The van der Waals surface area contributed by atoms with Crippen LogP contribution in [-0.2, 0) is 0 Å². The van der Waals surface area contributed by atoms with E-state index in [-0.39, 0.29) is 5.88 Å². The fourth-order valence-corrected chi connectivity index (χ4v) is 3.59. The van der Waals surface area contributed by atoms with Gasteiger partial charge in [-0.05, 0) is 24.3 Å². The van der Waals surface area contributed by atoms with Crippen molar-refractivity contribution in [3.8, 4) is 5.88 Å². The van der Waals surface area contributed by atoms with Crippen molar-refractivity contribution in [2.45, 2.75) is 9.79 Å². The number of nitrogens with one attached hydrogen (secondary N) is 1. The summed E-state index contributed by atoms with van der Waals surface area (Å²) in [6, 6.07) is 13.5. The van der Waals surface area contributed by atoms with Crippen LogP contribution in [0.15, 0.2) is 64.6 Å². The third-order valence-corrected chi connectivity index (χ3v) is 4.62. The fraction of sp³-hybridized carbons (Fsp3) is 0. The van der Waals surface area contributed by atoms with Crippen LogP contribution in [0.3, 0.4) is 0 Å². The zero-order chi connectivity index (χ0) is 16.5. The molecule has 7 heteroatoms. The molecule has 1 aromatic carbocycles. The normalized spacial score (nSPS) is 11.0. The first kappa shape index (κ1) is 14.5. The summed E-state index contributed by atoms with van der Waals surface area (Å²) in [6.07, 6.45) is 2.57. The molecule has 0 aliphatic carbocycles. The Balaban J connectivity index is 1.87. The van der Waals surface area contributed by atoms with E-state index in [4.69, 9.17) is 10.5 Å². The molecule has 4 aromatic rings. The first-order chi connectivity index (χ1) is 11.7. The van der Waals surface area contributed by atoms with Crippen LogP contribution in [0.25, 0.3) is 21.9 Å². The molecule has 3 N–H and O–H groups in total. The molecule has 0 saturated heterocycles. The molecule has 0 bridgehead atoms. The van der Waals surface area contributed by atoms with Gasteiger partial charge in [-0.3, -0.25) is 9.97 Å². The zero-order valence-corrected chi connectivity index (χ0v) is 13.2. The van der Waals surface area contributed by atoms with Crippen LogP contribution in [-0.4, -0.2) is 21.0 Å². The lowest BCUT2D eigenvalue weighted by molar-refractivity contribution is 0.208. The van der Waals surface area contributed by atoms with E-state index in [1.807, 2.05) is 36.4 Å². The van der Waals surface area contributed by atoms with Gasteiger partial charge in [0.05, 0.1) is 11.0 Å². The number of H-pyrrole nitrogens is 1. The van der Waals surface area contributed by atoms with Gasteiger partial charge in [0, 0.05) is 22.7 Å². The third kappa shape index (κ3) is 2.55. The quantitative estimate of drug-likeness (QED) is 0.594. The Morgan fingerprint density at radius 1 is 1.04 bits per heavy atom. The number of aromatic amines is 1. The van der Waals surface area contributed by atoms with Crippen molar-refractivity contribution in [1.82, 2.24) is 15.0 Å². The molecule has 0 aliphatic heterocycles. The highest BCUT2D eigenvalue weighted by Gasteiger charge is 2.18. The van der Waals surface area contributed by atoms with Gasteiger partial charge in [-0.15, -0.1) is 0 Å². The first-order valence-electron chi connectivity index (χ1n) is 7.18. The topological polar surface area (TPSA) is 93.9 Å². The van der Waals surface area contributed by atoms with E-state index in [2.05, 4.69) is 15.0 Å². The van der Waals surface area contributed by atoms with E-state index in [1.165, 1.54) is 11.8 Å². The highest BCUT2D eigenvalue weighted by atomic mass is 32.2. The smallest absolute Gasteiger partial charge is 0.392 e. The number of benzene rings is 1. The average Bonchev–Trinajstić information content (AvgIpc) is 2.92. The maximum Gasteiger partial charge on any atom is 0.411 e. The molecule has 4 rings (SSSR count). The number of pyridine rings is 2.